The van der Waals surface area contributed by atoms with Gasteiger partial charge in [-0.05, 0) is 42.2 Å². The van der Waals surface area contributed by atoms with Gasteiger partial charge in [0.2, 0.25) is 5.91 Å². The van der Waals surface area contributed by atoms with E-state index in [0.717, 1.165) is 5.88 Å². The Hall–Kier alpha value is -1.98. The lowest BCUT2D eigenvalue weighted by molar-refractivity contribution is -0.121. The van der Waals surface area contributed by atoms with Crippen LogP contribution in [-0.4, -0.2) is 50.5 Å². The van der Waals surface area contributed by atoms with Gasteiger partial charge >= 0.3 is 0 Å². The summed E-state index contributed by atoms with van der Waals surface area (Å²) < 4.78 is 32.5. The van der Waals surface area contributed by atoms with E-state index >= 15 is 0 Å². The van der Waals surface area contributed by atoms with Crippen LogP contribution in [0.5, 0.6) is 5.75 Å². The van der Waals surface area contributed by atoms with Crippen LogP contribution in [0, 0.1) is 0 Å². The number of sulfonamides is 1. The maximum atomic E-state index is 12.5. The highest BCUT2D eigenvalue weighted by molar-refractivity contribution is 8.02. The Labute approximate surface area is 168 Å². The number of rotatable bonds is 7. The summed E-state index contributed by atoms with van der Waals surface area (Å²) >= 11 is 6.52. The summed E-state index contributed by atoms with van der Waals surface area (Å²) in [4.78, 5) is 14.2. The zero-order valence-corrected chi connectivity index (χ0v) is 17.6. The molecule has 1 amide bonds. The summed E-state index contributed by atoms with van der Waals surface area (Å²) in [6, 6.07) is 4.59. The third-order valence-electron chi connectivity index (χ3n) is 3.78. The van der Waals surface area contributed by atoms with Crippen LogP contribution in [0.3, 0.4) is 0 Å². The molecule has 1 aliphatic heterocycles. The molecule has 0 aromatic heterocycles. The second-order valence-corrected chi connectivity index (χ2v) is 8.61. The highest BCUT2D eigenvalue weighted by Gasteiger charge is 2.22. The Kier molecular flexibility index (Phi) is 7.33. The van der Waals surface area contributed by atoms with Crippen molar-refractivity contribution in [1.82, 2.24) is 20.3 Å². The first-order chi connectivity index (χ1) is 12.8. The highest BCUT2D eigenvalue weighted by Crippen LogP contribution is 2.25. The van der Waals surface area contributed by atoms with Gasteiger partial charge in [0, 0.05) is 13.2 Å². The molecule has 11 heteroatoms. The lowest BCUT2D eigenvalue weighted by Crippen LogP contribution is -2.43. The minimum Gasteiger partial charge on any atom is -0.495 e. The van der Waals surface area contributed by atoms with Crippen LogP contribution in [0.1, 0.15) is 12.5 Å². The van der Waals surface area contributed by atoms with Gasteiger partial charge in [-0.1, -0.05) is 6.07 Å². The van der Waals surface area contributed by atoms with E-state index in [0.29, 0.717) is 5.56 Å². The molecular weight excluding hydrogens is 408 g/mol. The molecule has 1 heterocycles. The van der Waals surface area contributed by atoms with Gasteiger partial charge in [0.1, 0.15) is 10.6 Å². The van der Waals surface area contributed by atoms with Crippen molar-refractivity contribution in [2.24, 2.45) is 0 Å². The van der Waals surface area contributed by atoms with E-state index in [2.05, 4.69) is 15.4 Å². The predicted octanol–water partition coefficient (Wildman–Crippen LogP) is 0.960. The predicted molar refractivity (Wildman–Crippen MR) is 110 cm³/mol. The number of hydrogen-bond donors (Lipinski definition) is 3. The number of nitrogens with zero attached hydrogens (tertiary/aromatic N) is 1. The maximum absolute atomic E-state index is 12.5. The second kappa shape index (κ2) is 9.29. The Balaban J connectivity index is 2.15. The van der Waals surface area contributed by atoms with Crippen molar-refractivity contribution in [2.45, 2.75) is 24.4 Å². The van der Waals surface area contributed by atoms with Gasteiger partial charge in [0.25, 0.3) is 10.0 Å². The standard InChI is InChI=1S/C16H22N4O4S3/c1-11(20-6-7-26-10-20)18-15(21)9-12-4-5-13(24-3)14(8-12)27(22,23)19-16(25)17-2/h4-8,11H,9-10H2,1-3H3,(H,18,21)(H2,17,19,25). The van der Waals surface area contributed by atoms with Crippen LogP contribution in [0.4, 0.5) is 0 Å². The van der Waals surface area contributed by atoms with Gasteiger partial charge in [-0.25, -0.2) is 8.42 Å². The van der Waals surface area contributed by atoms with Gasteiger partial charge in [0.15, 0.2) is 5.11 Å². The molecular formula is C16H22N4O4S3. The normalized spacial score (nSPS) is 14.6. The Morgan fingerprint density at radius 3 is 2.78 bits per heavy atom. The molecule has 1 atom stereocenters. The van der Waals surface area contributed by atoms with Gasteiger partial charge < -0.3 is 20.3 Å². The fraction of sp³-hybridized carbons (Fsp3) is 0.375. The molecule has 3 N–H and O–H groups in total. The van der Waals surface area contributed by atoms with Crippen molar-refractivity contribution in [1.29, 1.82) is 0 Å². The average Bonchev–Trinajstić information content (AvgIpc) is 3.16. The average molecular weight is 431 g/mol. The molecule has 0 fully saturated rings. The largest absolute Gasteiger partial charge is 0.495 e. The lowest BCUT2D eigenvalue weighted by atomic mass is 10.1. The molecule has 0 radical (unpaired) electrons. The summed E-state index contributed by atoms with van der Waals surface area (Å²) in [6.07, 6.45) is 1.81. The fourth-order valence-corrected chi connectivity index (χ4v) is 4.67. The summed E-state index contributed by atoms with van der Waals surface area (Å²) in [5, 5.41) is 7.37. The first kappa shape index (κ1) is 21.3. The lowest BCUT2D eigenvalue weighted by Gasteiger charge is -2.24. The first-order valence-corrected chi connectivity index (χ1v) is 11.0. The van der Waals surface area contributed by atoms with Crippen molar-refractivity contribution < 1.29 is 17.9 Å². The van der Waals surface area contributed by atoms with Gasteiger partial charge in [0.05, 0.1) is 25.6 Å². The number of amides is 1. The van der Waals surface area contributed by atoms with Crippen molar-refractivity contribution in [3.8, 4) is 5.75 Å². The number of methoxy groups -OCH3 is 1. The molecule has 148 valence electrons. The fourth-order valence-electron chi connectivity index (χ4n) is 2.36. The third kappa shape index (κ3) is 5.75. The van der Waals surface area contributed by atoms with Crippen LogP contribution in [0.2, 0.25) is 0 Å². The number of hydrogen-bond acceptors (Lipinski definition) is 7. The van der Waals surface area contributed by atoms with E-state index in [9.17, 15) is 13.2 Å². The molecule has 0 saturated carbocycles. The topological polar surface area (TPSA) is 99.8 Å². The number of benzene rings is 1. The molecule has 0 bridgehead atoms. The summed E-state index contributed by atoms with van der Waals surface area (Å²) in [5.41, 5.74) is 0.544. The van der Waals surface area contributed by atoms with Gasteiger partial charge in [-0.2, -0.15) is 0 Å². The third-order valence-corrected chi connectivity index (χ3v) is 6.34. The minimum absolute atomic E-state index is 0.0365. The molecule has 27 heavy (non-hydrogen) atoms. The van der Waals surface area contributed by atoms with Crippen LogP contribution >= 0.6 is 24.0 Å². The smallest absolute Gasteiger partial charge is 0.267 e. The molecule has 1 aliphatic rings. The molecule has 1 unspecified atom stereocenters. The Morgan fingerprint density at radius 1 is 1.44 bits per heavy atom. The molecule has 0 saturated heterocycles. The van der Waals surface area contributed by atoms with Crippen molar-refractivity contribution in [3.63, 3.8) is 0 Å². The Bertz CT molecular complexity index is 842. The Morgan fingerprint density at radius 2 is 2.19 bits per heavy atom. The highest BCUT2D eigenvalue weighted by atomic mass is 32.2. The molecule has 2 rings (SSSR count). The van der Waals surface area contributed by atoms with E-state index < -0.39 is 10.0 Å². The minimum atomic E-state index is -3.94. The van der Waals surface area contributed by atoms with E-state index in [-0.39, 0.29) is 34.3 Å². The summed E-state index contributed by atoms with van der Waals surface area (Å²) in [7, 11) is -1.05. The number of nitrogens with one attached hydrogen (secondary N) is 3. The van der Waals surface area contributed by atoms with Crippen LogP contribution < -0.4 is 20.1 Å². The number of thiocarbonyl (C=S) groups is 1. The number of thioether (sulfide) groups is 1. The monoisotopic (exact) mass is 430 g/mol. The molecule has 0 spiro atoms. The molecule has 1 aromatic rings. The van der Waals surface area contributed by atoms with Crippen LogP contribution in [-0.2, 0) is 21.2 Å². The van der Waals surface area contributed by atoms with Crippen molar-refractivity contribution in [3.05, 3.63) is 35.4 Å². The molecule has 8 nitrogen and oxygen atoms in total. The quantitative estimate of drug-likeness (QED) is 0.550. The number of ether oxygens (including phenoxy) is 1. The van der Waals surface area contributed by atoms with Crippen molar-refractivity contribution in [2.75, 3.05) is 20.0 Å². The first-order valence-electron chi connectivity index (χ1n) is 8.01. The van der Waals surface area contributed by atoms with Gasteiger partial charge in [-0.3, -0.25) is 9.52 Å². The van der Waals surface area contributed by atoms with E-state index in [4.69, 9.17) is 17.0 Å². The SMILES string of the molecule is CNC(=S)NS(=O)(=O)c1cc(CC(=O)NC(C)N2C=CSC2)ccc1OC. The van der Waals surface area contributed by atoms with Crippen LogP contribution in [0.15, 0.2) is 34.7 Å². The number of carbonyl (C=O) groups excluding carboxylic acids is 1. The molecule has 0 aliphatic carbocycles. The summed E-state index contributed by atoms with van der Waals surface area (Å²) in [5.74, 6) is 0.738. The number of carbonyl (C=O) groups is 1. The van der Waals surface area contributed by atoms with E-state index in [1.807, 2.05) is 23.4 Å². The maximum Gasteiger partial charge on any atom is 0.267 e. The summed E-state index contributed by atoms with van der Waals surface area (Å²) in [6.45, 7) is 1.89. The molecule has 1 aromatic carbocycles. The van der Waals surface area contributed by atoms with Crippen LogP contribution in [0.25, 0.3) is 0 Å². The van der Waals surface area contributed by atoms with Gasteiger partial charge in [-0.15, -0.1) is 11.8 Å². The van der Waals surface area contributed by atoms with Crippen molar-refractivity contribution >= 4 is 45.0 Å². The van der Waals surface area contributed by atoms with E-state index in [1.165, 1.54) is 26.3 Å². The second-order valence-electron chi connectivity index (χ2n) is 5.69. The van der Waals surface area contributed by atoms with E-state index in [1.54, 1.807) is 17.8 Å². The zero-order chi connectivity index (χ0) is 20.0. The zero-order valence-electron chi connectivity index (χ0n) is 15.2.